The van der Waals surface area contributed by atoms with Crippen molar-refractivity contribution in [3.63, 3.8) is 0 Å². The highest BCUT2D eigenvalue weighted by Gasteiger charge is 2.45. The number of alkyl carbamates (subject to hydrolysis) is 1. The van der Waals surface area contributed by atoms with Crippen molar-refractivity contribution in [3.05, 3.63) is 72.4 Å². The molecule has 7 rings (SSSR count). The number of nitrogens with zero attached hydrogens (tertiary/aromatic N) is 4. The van der Waals surface area contributed by atoms with Crippen molar-refractivity contribution in [2.45, 2.75) is 90.3 Å². The van der Waals surface area contributed by atoms with Crippen molar-refractivity contribution in [3.8, 4) is 22.4 Å². The Morgan fingerprint density at radius 1 is 0.926 bits per heavy atom. The Morgan fingerprint density at radius 2 is 1.65 bits per heavy atom. The molecule has 12 nitrogen and oxygen atoms in total. The number of amides is 3. The second kappa shape index (κ2) is 14.2. The van der Waals surface area contributed by atoms with E-state index in [-0.39, 0.29) is 30.0 Å². The van der Waals surface area contributed by atoms with Crippen LogP contribution >= 0.6 is 0 Å². The number of hydrogen-bond donors (Lipinski definition) is 3. The molecule has 3 atom stereocenters. The maximum absolute atomic E-state index is 13.6. The molecule has 2 fully saturated rings. The van der Waals surface area contributed by atoms with E-state index in [1.165, 1.54) is 7.11 Å². The zero-order valence-corrected chi connectivity index (χ0v) is 33.4. The number of H-pyrrole nitrogens is 2. The first-order valence-corrected chi connectivity index (χ1v) is 22.2. The molecule has 2 saturated heterocycles. The van der Waals surface area contributed by atoms with E-state index in [9.17, 15) is 14.4 Å². The molecule has 5 aromatic rings. The van der Waals surface area contributed by atoms with Crippen LogP contribution in [0, 0.1) is 5.92 Å². The second-order valence-electron chi connectivity index (χ2n) is 16.8. The number of carbonyl (C=O) groups is 3. The summed E-state index contributed by atoms with van der Waals surface area (Å²) in [5, 5.41) is 4.88. The minimum absolute atomic E-state index is 0.0973. The number of likely N-dealkylation sites (tertiary alicyclic amines) is 1. The second-order valence-corrected chi connectivity index (χ2v) is 21.9. The zero-order valence-electron chi connectivity index (χ0n) is 32.4. The fraction of sp³-hybridized carbons (Fsp3) is 0.439. The minimum Gasteiger partial charge on any atom is -0.453 e. The number of nitrogens with one attached hydrogen (secondary N) is 3. The SMILES string of the molecule is COC(=O)NC(C(=O)N1CCC[C@H]1c1ncc(-c2ccc(-c3ccc4c(ccc5nc([C@@H]6C[Si](C)(C)CN6C(=O)OC(C)(C)C)[nH]c54)c3)cc2)[nH]1)C(C)C. The van der Waals surface area contributed by atoms with Gasteiger partial charge in [-0.1, -0.05) is 69.4 Å². The molecule has 2 aliphatic heterocycles. The molecule has 0 radical (unpaired) electrons. The average molecular weight is 750 g/mol. The Balaban J connectivity index is 1.09. The summed E-state index contributed by atoms with van der Waals surface area (Å²) >= 11 is 0. The zero-order chi connectivity index (χ0) is 38.5. The molecule has 284 valence electrons. The average Bonchev–Trinajstić information content (AvgIpc) is 3.94. The van der Waals surface area contributed by atoms with Crippen LogP contribution in [0.5, 0.6) is 0 Å². The first-order valence-electron chi connectivity index (χ1n) is 18.8. The van der Waals surface area contributed by atoms with Gasteiger partial charge in [0.2, 0.25) is 5.91 Å². The molecule has 3 amide bonds. The number of imidazole rings is 2. The van der Waals surface area contributed by atoms with Gasteiger partial charge in [-0.25, -0.2) is 19.6 Å². The van der Waals surface area contributed by atoms with E-state index in [0.29, 0.717) is 6.54 Å². The van der Waals surface area contributed by atoms with Gasteiger partial charge in [-0.2, -0.15) is 0 Å². The quantitative estimate of drug-likeness (QED) is 0.142. The molecule has 0 bridgehead atoms. The van der Waals surface area contributed by atoms with Gasteiger partial charge >= 0.3 is 12.2 Å². The number of rotatable bonds is 7. The normalized spacial score (nSPS) is 19.1. The van der Waals surface area contributed by atoms with Crippen LogP contribution in [0.25, 0.3) is 44.2 Å². The van der Waals surface area contributed by atoms with Crippen molar-refractivity contribution in [2.24, 2.45) is 5.92 Å². The number of benzene rings is 3. The molecule has 1 unspecified atom stereocenters. The van der Waals surface area contributed by atoms with Crippen molar-refractivity contribution in [2.75, 3.05) is 19.8 Å². The van der Waals surface area contributed by atoms with E-state index in [1.54, 1.807) is 0 Å². The van der Waals surface area contributed by atoms with E-state index in [1.807, 2.05) is 56.7 Å². The molecular weight excluding hydrogens is 699 g/mol. The van der Waals surface area contributed by atoms with Crippen LogP contribution in [-0.2, 0) is 14.3 Å². The smallest absolute Gasteiger partial charge is 0.410 e. The molecule has 13 heteroatoms. The lowest BCUT2D eigenvalue weighted by Crippen LogP contribution is -2.51. The Bertz CT molecular complexity index is 2200. The Kier molecular flexibility index (Phi) is 9.80. The highest BCUT2D eigenvalue weighted by molar-refractivity contribution is 6.78. The summed E-state index contributed by atoms with van der Waals surface area (Å²) in [4.78, 5) is 59.2. The van der Waals surface area contributed by atoms with Gasteiger partial charge in [-0.15, -0.1) is 0 Å². The molecule has 0 aliphatic carbocycles. The summed E-state index contributed by atoms with van der Waals surface area (Å²) in [6.07, 6.45) is 3.31. The monoisotopic (exact) mass is 749 g/mol. The lowest BCUT2D eigenvalue weighted by atomic mass is 9.99. The van der Waals surface area contributed by atoms with Gasteiger partial charge in [0.1, 0.15) is 23.3 Å². The number of aromatic nitrogens is 4. The first kappa shape index (κ1) is 37.2. The minimum atomic E-state index is -1.66. The number of methoxy groups -OCH3 is 1. The summed E-state index contributed by atoms with van der Waals surface area (Å²) in [6.45, 7) is 14.7. The van der Waals surface area contributed by atoms with Crippen LogP contribution in [0.15, 0.2) is 60.8 Å². The van der Waals surface area contributed by atoms with E-state index < -0.39 is 25.8 Å². The number of fused-ring (bicyclic) bond motifs is 3. The van der Waals surface area contributed by atoms with Crippen molar-refractivity contribution in [1.29, 1.82) is 0 Å². The predicted molar refractivity (Wildman–Crippen MR) is 212 cm³/mol. The van der Waals surface area contributed by atoms with Crippen molar-refractivity contribution < 1.29 is 23.9 Å². The maximum atomic E-state index is 13.6. The topological polar surface area (TPSA) is 146 Å². The summed E-state index contributed by atoms with van der Waals surface area (Å²) in [6, 6.07) is 18.9. The standard InChI is InChI=1S/C41H51N7O5Si/c1-24(2)34(46-39(50)52-6)38(49)47-19-9-10-32(47)36-42-21-31(44-36)26-13-11-25(12-14-26)27-15-17-29-28(20-27)16-18-30-35(29)45-37(43-30)33-22-54(7,8)23-48(33)40(51)53-41(3,4)5/h11-18,20-21,24,32-34H,9-10,19,22-23H2,1-8H3,(H,42,44)(H,43,45)(H,46,50)/t32-,33-,34?/m0/s1. The van der Waals surface area contributed by atoms with Crippen LogP contribution in [0.2, 0.25) is 19.1 Å². The van der Waals surface area contributed by atoms with E-state index in [4.69, 9.17) is 19.4 Å². The third-order valence-electron chi connectivity index (χ3n) is 10.5. The van der Waals surface area contributed by atoms with Gasteiger partial charge in [-0.05, 0) is 79.8 Å². The molecule has 54 heavy (non-hydrogen) atoms. The van der Waals surface area contributed by atoms with Crippen LogP contribution < -0.4 is 5.32 Å². The molecule has 4 heterocycles. The van der Waals surface area contributed by atoms with Crippen LogP contribution in [-0.4, -0.2) is 87.4 Å². The van der Waals surface area contributed by atoms with Gasteiger partial charge < -0.3 is 34.6 Å². The molecule has 3 aromatic carbocycles. The Hall–Kier alpha value is -5.17. The van der Waals surface area contributed by atoms with Crippen molar-refractivity contribution >= 4 is 48.0 Å². The fourth-order valence-electron chi connectivity index (χ4n) is 7.88. The van der Waals surface area contributed by atoms with Gasteiger partial charge in [0.05, 0.1) is 50.2 Å². The van der Waals surface area contributed by atoms with Gasteiger partial charge in [0.15, 0.2) is 0 Å². The number of hydrogen-bond acceptors (Lipinski definition) is 7. The van der Waals surface area contributed by atoms with Crippen molar-refractivity contribution in [1.82, 2.24) is 35.1 Å². The number of ether oxygens (including phenoxy) is 2. The van der Waals surface area contributed by atoms with Gasteiger partial charge in [-0.3, -0.25) is 4.79 Å². The summed E-state index contributed by atoms with van der Waals surface area (Å²) < 4.78 is 10.6. The lowest BCUT2D eigenvalue weighted by molar-refractivity contribution is -0.135. The first-order chi connectivity index (χ1) is 25.6. The van der Waals surface area contributed by atoms with Gasteiger partial charge in [0.25, 0.3) is 0 Å². The summed E-state index contributed by atoms with van der Waals surface area (Å²) in [7, 11) is -0.359. The third kappa shape index (κ3) is 7.46. The highest BCUT2D eigenvalue weighted by atomic mass is 28.3. The Labute approximate surface area is 317 Å². The predicted octanol–water partition coefficient (Wildman–Crippen LogP) is 8.36. The number of carbonyl (C=O) groups excluding carboxylic acids is 3. The molecule has 0 saturated carbocycles. The number of aromatic amines is 2. The maximum Gasteiger partial charge on any atom is 0.410 e. The van der Waals surface area contributed by atoms with Crippen LogP contribution in [0.4, 0.5) is 9.59 Å². The molecule has 3 N–H and O–H groups in total. The van der Waals surface area contributed by atoms with Crippen LogP contribution in [0.3, 0.4) is 0 Å². The van der Waals surface area contributed by atoms with E-state index in [2.05, 4.69) is 76.9 Å². The molecular formula is C41H51N7O5Si. The van der Waals surface area contributed by atoms with E-state index >= 15 is 0 Å². The van der Waals surface area contributed by atoms with Crippen LogP contribution in [0.1, 0.15) is 71.2 Å². The molecule has 0 spiro atoms. The Morgan fingerprint density at radius 3 is 2.35 bits per heavy atom. The molecule has 2 aliphatic rings. The van der Waals surface area contributed by atoms with E-state index in [0.717, 1.165) is 80.9 Å². The van der Waals surface area contributed by atoms with Gasteiger partial charge in [0, 0.05) is 18.1 Å². The fourth-order valence-corrected chi connectivity index (χ4v) is 10.7. The molecule has 2 aromatic heterocycles. The summed E-state index contributed by atoms with van der Waals surface area (Å²) in [5.41, 5.74) is 5.33. The third-order valence-corrected chi connectivity index (χ3v) is 13.2. The summed E-state index contributed by atoms with van der Waals surface area (Å²) in [5.74, 6) is 1.32. The lowest BCUT2D eigenvalue weighted by Gasteiger charge is -2.30. The highest BCUT2D eigenvalue weighted by Crippen LogP contribution is 2.39. The largest absolute Gasteiger partial charge is 0.453 e.